The molecule has 0 aliphatic carbocycles. The van der Waals surface area contributed by atoms with E-state index < -0.39 is 11.9 Å². The Bertz CT molecular complexity index is 1710. The molecule has 2 aliphatic heterocycles. The molecule has 4 aromatic rings. The quantitative estimate of drug-likeness (QED) is 0.167. The molecule has 10 nitrogen and oxygen atoms in total. The maximum absolute atomic E-state index is 15.0. The molecule has 1 fully saturated rings. The number of hydrogen-bond acceptors (Lipinski definition) is 9. The van der Waals surface area contributed by atoms with Gasteiger partial charge in [0, 0.05) is 24.5 Å². The number of amides is 1. The summed E-state index contributed by atoms with van der Waals surface area (Å²) in [5, 5.41) is 3.05. The van der Waals surface area contributed by atoms with Crippen LogP contribution in [0.4, 0.5) is 26.6 Å². The number of benzene rings is 3. The fourth-order valence-corrected chi connectivity index (χ4v) is 5.97. The van der Waals surface area contributed by atoms with Gasteiger partial charge < -0.3 is 29.2 Å². The van der Waals surface area contributed by atoms with E-state index in [2.05, 4.69) is 20.2 Å². The van der Waals surface area contributed by atoms with Gasteiger partial charge in [0.2, 0.25) is 12.7 Å². The van der Waals surface area contributed by atoms with E-state index in [0.717, 1.165) is 48.3 Å². The summed E-state index contributed by atoms with van der Waals surface area (Å²) in [4.78, 5) is 26.6. The molecule has 246 valence electrons. The van der Waals surface area contributed by atoms with Gasteiger partial charge in [0.1, 0.15) is 11.6 Å². The lowest BCUT2D eigenvalue weighted by Gasteiger charge is -2.26. The van der Waals surface area contributed by atoms with E-state index >= 15 is 0 Å². The molecule has 0 radical (unpaired) electrons. The summed E-state index contributed by atoms with van der Waals surface area (Å²) in [5.74, 6) is 1.92. The molecule has 3 heterocycles. The second kappa shape index (κ2) is 14.7. The number of aromatic nitrogens is 2. The SMILES string of the molecule is Cc1cc(C)c(OC(=O)N(Cc2ccc3c(c2)OCO3)c2ccnc(Nc3ccc(OCCCN4CCCCC4)c(F)c3)n2)c(C)c1. The lowest BCUT2D eigenvalue weighted by Crippen LogP contribution is -2.34. The van der Waals surface area contributed by atoms with E-state index in [0.29, 0.717) is 35.4 Å². The fraction of sp³-hybridized carbons (Fsp3) is 0.361. The Morgan fingerprint density at radius 1 is 0.979 bits per heavy atom. The monoisotopic (exact) mass is 641 g/mol. The van der Waals surface area contributed by atoms with E-state index in [1.54, 1.807) is 24.3 Å². The van der Waals surface area contributed by atoms with Gasteiger partial charge in [-0.3, -0.25) is 4.90 Å². The predicted octanol–water partition coefficient (Wildman–Crippen LogP) is 7.47. The molecular weight excluding hydrogens is 601 g/mol. The zero-order chi connectivity index (χ0) is 32.8. The van der Waals surface area contributed by atoms with Gasteiger partial charge >= 0.3 is 6.09 Å². The lowest BCUT2D eigenvalue weighted by molar-refractivity contribution is 0.174. The van der Waals surface area contributed by atoms with E-state index in [9.17, 15) is 9.18 Å². The van der Waals surface area contributed by atoms with Crippen molar-refractivity contribution in [1.29, 1.82) is 0 Å². The van der Waals surface area contributed by atoms with Gasteiger partial charge in [0.25, 0.3) is 0 Å². The number of fused-ring (bicyclic) bond motifs is 1. The molecule has 11 heteroatoms. The van der Waals surface area contributed by atoms with Crippen LogP contribution < -0.4 is 29.2 Å². The Labute approximate surface area is 274 Å². The molecule has 1 saturated heterocycles. The van der Waals surface area contributed by atoms with Gasteiger partial charge in [-0.05, 0) is 100 Å². The maximum atomic E-state index is 15.0. The van der Waals surface area contributed by atoms with Crippen molar-refractivity contribution in [3.05, 3.63) is 88.9 Å². The standard InChI is InChI=1S/C36H40FN5O5/c1-24-18-25(2)34(26(3)19-24)47-36(43)42(22-27-8-10-31-32(20-27)46-23-45-31)33-12-13-38-35(40-33)39-28-9-11-30(29(37)21-28)44-17-7-16-41-14-5-4-6-15-41/h8-13,18-21H,4-7,14-17,22-23H2,1-3H3,(H,38,39,40). The molecule has 1 amide bonds. The van der Waals surface area contributed by atoms with Crippen molar-refractivity contribution in [3.63, 3.8) is 0 Å². The van der Waals surface area contributed by atoms with Crippen LogP contribution in [0.25, 0.3) is 0 Å². The first-order valence-corrected chi connectivity index (χ1v) is 16.0. The van der Waals surface area contributed by atoms with Gasteiger partial charge in [0.15, 0.2) is 23.1 Å². The van der Waals surface area contributed by atoms with E-state index in [1.807, 2.05) is 45.0 Å². The number of nitrogens with one attached hydrogen (secondary N) is 1. The second-order valence-electron chi connectivity index (χ2n) is 12.0. The third kappa shape index (κ3) is 8.10. The van der Waals surface area contributed by atoms with Crippen molar-refractivity contribution in [3.8, 4) is 23.0 Å². The molecule has 0 spiro atoms. The van der Waals surface area contributed by atoms with Gasteiger partial charge in [0.05, 0.1) is 13.2 Å². The number of halogens is 1. The molecule has 6 rings (SSSR count). The number of ether oxygens (including phenoxy) is 4. The Balaban J connectivity index is 1.17. The molecule has 0 bridgehead atoms. The molecule has 0 unspecified atom stereocenters. The van der Waals surface area contributed by atoms with E-state index in [4.69, 9.17) is 18.9 Å². The zero-order valence-corrected chi connectivity index (χ0v) is 27.1. The van der Waals surface area contributed by atoms with Crippen LogP contribution in [0, 0.1) is 26.6 Å². The number of rotatable bonds is 11. The van der Waals surface area contributed by atoms with Crippen molar-refractivity contribution in [2.45, 2.75) is 53.0 Å². The first-order valence-electron chi connectivity index (χ1n) is 16.0. The average Bonchev–Trinajstić information content (AvgIpc) is 3.53. The number of carbonyl (C=O) groups is 1. The minimum atomic E-state index is -0.616. The first kappa shape index (κ1) is 32.1. The molecule has 3 aromatic carbocycles. The smallest absolute Gasteiger partial charge is 0.421 e. The number of piperidine rings is 1. The summed E-state index contributed by atoms with van der Waals surface area (Å²) in [6.07, 6.45) is 5.54. The summed E-state index contributed by atoms with van der Waals surface area (Å²) in [6, 6.07) is 15.7. The van der Waals surface area contributed by atoms with Crippen LogP contribution in [-0.4, -0.2) is 54.0 Å². The molecule has 0 saturated carbocycles. The molecule has 1 aromatic heterocycles. The Morgan fingerprint density at radius 3 is 2.55 bits per heavy atom. The predicted molar refractivity (Wildman–Crippen MR) is 178 cm³/mol. The average molecular weight is 642 g/mol. The molecule has 1 N–H and O–H groups in total. The van der Waals surface area contributed by atoms with Gasteiger partial charge in [-0.25, -0.2) is 14.2 Å². The molecule has 47 heavy (non-hydrogen) atoms. The van der Waals surface area contributed by atoms with E-state index in [1.165, 1.54) is 36.4 Å². The minimum Gasteiger partial charge on any atom is -0.490 e. The van der Waals surface area contributed by atoms with Crippen LogP contribution in [0.3, 0.4) is 0 Å². The Hall–Kier alpha value is -4.90. The highest BCUT2D eigenvalue weighted by molar-refractivity contribution is 5.88. The van der Waals surface area contributed by atoms with Crippen molar-refractivity contribution in [1.82, 2.24) is 14.9 Å². The van der Waals surface area contributed by atoms with Crippen molar-refractivity contribution >= 4 is 23.5 Å². The number of aryl methyl sites for hydroxylation is 3. The molecular formula is C36H40FN5O5. The highest BCUT2D eigenvalue weighted by atomic mass is 19.1. The molecule has 0 atom stereocenters. The first-order chi connectivity index (χ1) is 22.8. The Morgan fingerprint density at radius 2 is 1.77 bits per heavy atom. The van der Waals surface area contributed by atoms with E-state index in [-0.39, 0.29) is 25.0 Å². The topological polar surface area (TPSA) is 98.3 Å². The summed E-state index contributed by atoms with van der Waals surface area (Å²) >= 11 is 0. The number of carbonyl (C=O) groups excluding carboxylic acids is 1. The fourth-order valence-electron chi connectivity index (χ4n) is 5.97. The largest absolute Gasteiger partial charge is 0.490 e. The second-order valence-corrected chi connectivity index (χ2v) is 12.0. The van der Waals surface area contributed by atoms with Gasteiger partial charge in [-0.1, -0.05) is 30.2 Å². The summed E-state index contributed by atoms with van der Waals surface area (Å²) in [6.45, 7) is 9.74. The summed E-state index contributed by atoms with van der Waals surface area (Å²) in [5.41, 5.74) is 3.99. The highest BCUT2D eigenvalue weighted by Gasteiger charge is 2.24. The van der Waals surface area contributed by atoms with Crippen LogP contribution in [0.15, 0.2) is 60.8 Å². The highest BCUT2D eigenvalue weighted by Crippen LogP contribution is 2.34. The van der Waals surface area contributed by atoms with Crippen LogP contribution in [-0.2, 0) is 6.54 Å². The normalized spacial score (nSPS) is 14.1. The van der Waals surface area contributed by atoms with Crippen LogP contribution >= 0.6 is 0 Å². The van der Waals surface area contributed by atoms with Crippen LogP contribution in [0.5, 0.6) is 23.0 Å². The Kier molecular flexibility index (Phi) is 10.0. The number of anilines is 3. The van der Waals surface area contributed by atoms with Crippen molar-refractivity contribution in [2.24, 2.45) is 0 Å². The van der Waals surface area contributed by atoms with Crippen LogP contribution in [0.2, 0.25) is 0 Å². The lowest BCUT2D eigenvalue weighted by atomic mass is 10.1. The third-order valence-electron chi connectivity index (χ3n) is 8.22. The maximum Gasteiger partial charge on any atom is 0.421 e. The number of likely N-dealkylation sites (tertiary alicyclic amines) is 1. The van der Waals surface area contributed by atoms with Crippen molar-refractivity contribution < 1.29 is 28.1 Å². The summed E-state index contributed by atoms with van der Waals surface area (Å²) in [7, 11) is 0. The number of hydrogen-bond donors (Lipinski definition) is 1. The number of nitrogens with zero attached hydrogens (tertiary/aromatic N) is 4. The zero-order valence-electron chi connectivity index (χ0n) is 27.1. The third-order valence-corrected chi connectivity index (χ3v) is 8.22. The minimum absolute atomic E-state index is 0.133. The van der Waals surface area contributed by atoms with Crippen molar-refractivity contribution in [2.75, 3.05) is 43.3 Å². The summed E-state index contributed by atoms with van der Waals surface area (Å²) < 4.78 is 37.7. The molecule has 2 aliphatic rings. The van der Waals surface area contributed by atoms with Gasteiger partial charge in [-0.15, -0.1) is 0 Å². The van der Waals surface area contributed by atoms with Gasteiger partial charge in [-0.2, -0.15) is 4.98 Å². The van der Waals surface area contributed by atoms with Crippen LogP contribution in [0.1, 0.15) is 47.9 Å².